The van der Waals surface area contributed by atoms with E-state index in [0.717, 1.165) is 13.1 Å². The van der Waals surface area contributed by atoms with Gasteiger partial charge in [0.1, 0.15) is 11.9 Å². The number of anilines is 1. The maximum atomic E-state index is 13.4. The lowest BCUT2D eigenvalue weighted by atomic mass is 9.99. The number of nitrogens with one attached hydrogen (secondary N) is 1. The summed E-state index contributed by atoms with van der Waals surface area (Å²) in [5, 5.41) is 12.7. The lowest BCUT2D eigenvalue weighted by molar-refractivity contribution is -0.116. The summed E-state index contributed by atoms with van der Waals surface area (Å²) in [5.74, 6) is 0.282. The zero-order valence-corrected chi connectivity index (χ0v) is 20.2. The highest BCUT2D eigenvalue weighted by Gasteiger charge is 2.33. The molecule has 0 unspecified atom stereocenters. The second-order valence-electron chi connectivity index (χ2n) is 9.35. The Morgan fingerprint density at radius 2 is 2.03 bits per heavy atom. The van der Waals surface area contributed by atoms with Gasteiger partial charge in [-0.3, -0.25) is 14.5 Å². The first-order chi connectivity index (χ1) is 15.8. The molecule has 0 bridgehead atoms. The van der Waals surface area contributed by atoms with E-state index in [1.165, 1.54) is 0 Å². The van der Waals surface area contributed by atoms with Gasteiger partial charge in [0.2, 0.25) is 5.91 Å². The number of hydrogen-bond donors (Lipinski definition) is 2. The predicted molar refractivity (Wildman–Crippen MR) is 127 cm³/mol. The van der Waals surface area contributed by atoms with E-state index in [-0.39, 0.29) is 36.5 Å². The Bertz CT molecular complexity index is 812. The van der Waals surface area contributed by atoms with Gasteiger partial charge in [-0.25, -0.2) is 0 Å². The summed E-state index contributed by atoms with van der Waals surface area (Å²) < 4.78 is 11.6. The number of rotatable bonds is 8. The van der Waals surface area contributed by atoms with E-state index in [9.17, 15) is 14.7 Å². The van der Waals surface area contributed by atoms with Crippen molar-refractivity contribution in [2.24, 2.45) is 5.92 Å². The predicted octanol–water partition coefficient (Wildman–Crippen LogP) is 1.13. The Morgan fingerprint density at radius 1 is 1.30 bits per heavy atom. The van der Waals surface area contributed by atoms with Crippen LogP contribution in [0.25, 0.3) is 0 Å². The number of ether oxygens (including phenoxy) is 2. The highest BCUT2D eigenvalue weighted by molar-refractivity contribution is 5.99. The fraction of sp³-hybridized carbons (Fsp3) is 0.667. The normalized spacial score (nSPS) is 22.8. The number of morpholine rings is 1. The number of likely N-dealkylation sites (N-methyl/N-ethyl adjacent to an activating group) is 1. The van der Waals surface area contributed by atoms with Crippen molar-refractivity contribution in [3.05, 3.63) is 23.8 Å². The standard InChI is InChI=1S/C24H38N4O5/c1-17-14-28(18(2)16-29)24(31)20-13-19(5-6-21(20)33-22(17)15-26(3)4)25-23(30)7-8-27-9-11-32-12-10-27/h5-6,13,17-18,22,29H,7-12,14-16H2,1-4H3,(H,25,30)/t17-,18-,22+/m1/s1. The van der Waals surface area contributed by atoms with Crippen LogP contribution in [0.2, 0.25) is 0 Å². The van der Waals surface area contributed by atoms with Crippen molar-refractivity contribution in [2.45, 2.75) is 32.4 Å². The summed E-state index contributed by atoms with van der Waals surface area (Å²) >= 11 is 0. The van der Waals surface area contributed by atoms with Crippen LogP contribution in [0.15, 0.2) is 18.2 Å². The van der Waals surface area contributed by atoms with Gasteiger partial charge in [0.15, 0.2) is 0 Å². The van der Waals surface area contributed by atoms with Crippen molar-refractivity contribution in [3.8, 4) is 5.75 Å². The van der Waals surface area contributed by atoms with Crippen LogP contribution in [-0.2, 0) is 9.53 Å². The Labute approximate surface area is 196 Å². The maximum Gasteiger partial charge on any atom is 0.258 e. The number of amides is 2. The van der Waals surface area contributed by atoms with Gasteiger partial charge in [0, 0.05) is 50.7 Å². The fourth-order valence-electron chi connectivity index (χ4n) is 4.19. The smallest absolute Gasteiger partial charge is 0.258 e. The van der Waals surface area contributed by atoms with Crippen LogP contribution < -0.4 is 10.1 Å². The highest BCUT2D eigenvalue weighted by Crippen LogP contribution is 2.30. The van der Waals surface area contributed by atoms with Crippen molar-refractivity contribution >= 4 is 17.5 Å². The number of carbonyl (C=O) groups excluding carboxylic acids is 2. The molecule has 1 aromatic carbocycles. The first kappa shape index (κ1) is 25.4. The van der Waals surface area contributed by atoms with Gasteiger partial charge < -0.3 is 29.7 Å². The molecule has 1 saturated heterocycles. The lowest BCUT2D eigenvalue weighted by Gasteiger charge is -2.37. The molecule has 1 aromatic rings. The summed E-state index contributed by atoms with van der Waals surface area (Å²) in [6.07, 6.45) is 0.256. The van der Waals surface area contributed by atoms with Gasteiger partial charge in [-0.05, 0) is 39.2 Å². The Hall–Kier alpha value is -2.20. The van der Waals surface area contributed by atoms with Crippen molar-refractivity contribution in [3.63, 3.8) is 0 Å². The second kappa shape index (κ2) is 11.8. The van der Waals surface area contributed by atoms with Gasteiger partial charge >= 0.3 is 0 Å². The van der Waals surface area contributed by atoms with E-state index in [2.05, 4.69) is 22.0 Å². The second-order valence-corrected chi connectivity index (χ2v) is 9.35. The fourth-order valence-corrected chi connectivity index (χ4v) is 4.19. The molecule has 0 spiro atoms. The van der Waals surface area contributed by atoms with E-state index >= 15 is 0 Å². The molecule has 1 fully saturated rings. The molecule has 9 heteroatoms. The van der Waals surface area contributed by atoms with Crippen LogP contribution >= 0.6 is 0 Å². The molecule has 2 aliphatic heterocycles. The summed E-state index contributed by atoms with van der Waals surface area (Å²) in [4.78, 5) is 31.9. The summed E-state index contributed by atoms with van der Waals surface area (Å²) in [5.41, 5.74) is 0.962. The molecule has 0 aromatic heterocycles. The Balaban J connectivity index is 1.78. The minimum absolute atomic E-state index is 0.0815. The molecule has 0 aliphatic carbocycles. The Kier molecular flexibility index (Phi) is 9.08. The zero-order chi connectivity index (χ0) is 24.0. The van der Waals surface area contributed by atoms with E-state index in [4.69, 9.17) is 9.47 Å². The van der Waals surface area contributed by atoms with Crippen LogP contribution in [0.4, 0.5) is 5.69 Å². The van der Waals surface area contributed by atoms with E-state index < -0.39 is 0 Å². The van der Waals surface area contributed by atoms with Crippen molar-refractivity contribution < 1.29 is 24.2 Å². The lowest BCUT2D eigenvalue weighted by Crippen LogP contribution is -2.49. The molecular formula is C24H38N4O5. The molecule has 33 heavy (non-hydrogen) atoms. The molecule has 3 atom stereocenters. The maximum absolute atomic E-state index is 13.4. The first-order valence-electron chi connectivity index (χ1n) is 11.8. The van der Waals surface area contributed by atoms with Crippen LogP contribution in [0.1, 0.15) is 30.6 Å². The van der Waals surface area contributed by atoms with Crippen LogP contribution in [0, 0.1) is 5.92 Å². The SMILES string of the molecule is C[C@@H]1CN([C@H](C)CO)C(=O)c2cc(NC(=O)CCN3CCOCC3)ccc2O[C@H]1CN(C)C. The molecule has 2 heterocycles. The van der Waals surface area contributed by atoms with Crippen molar-refractivity contribution in [1.29, 1.82) is 0 Å². The quantitative estimate of drug-likeness (QED) is 0.598. The van der Waals surface area contributed by atoms with E-state index in [1.54, 1.807) is 23.1 Å². The number of nitrogens with zero attached hydrogens (tertiary/aromatic N) is 3. The van der Waals surface area contributed by atoms with Crippen LogP contribution in [-0.4, -0.2) is 110 Å². The van der Waals surface area contributed by atoms with E-state index in [0.29, 0.717) is 56.3 Å². The average molecular weight is 463 g/mol. The third-order valence-electron chi connectivity index (χ3n) is 6.25. The number of fused-ring (bicyclic) bond motifs is 1. The van der Waals surface area contributed by atoms with Gasteiger partial charge in [-0.15, -0.1) is 0 Å². The number of benzene rings is 1. The van der Waals surface area contributed by atoms with Crippen molar-refractivity contribution in [2.75, 3.05) is 72.0 Å². The van der Waals surface area contributed by atoms with Gasteiger partial charge in [-0.1, -0.05) is 6.92 Å². The molecule has 184 valence electrons. The molecule has 3 rings (SSSR count). The summed E-state index contributed by atoms with van der Waals surface area (Å²) in [6, 6.07) is 4.90. The third-order valence-corrected chi connectivity index (χ3v) is 6.25. The number of aliphatic hydroxyl groups is 1. The van der Waals surface area contributed by atoms with Gasteiger partial charge in [0.25, 0.3) is 5.91 Å². The van der Waals surface area contributed by atoms with Crippen molar-refractivity contribution in [1.82, 2.24) is 14.7 Å². The average Bonchev–Trinajstić information content (AvgIpc) is 2.80. The molecule has 2 aliphatic rings. The molecular weight excluding hydrogens is 424 g/mol. The third kappa shape index (κ3) is 6.89. The van der Waals surface area contributed by atoms with Gasteiger partial charge in [-0.2, -0.15) is 0 Å². The molecule has 2 N–H and O–H groups in total. The molecule has 0 saturated carbocycles. The van der Waals surface area contributed by atoms with E-state index in [1.807, 2.05) is 21.0 Å². The van der Waals surface area contributed by atoms with Crippen LogP contribution in [0.5, 0.6) is 5.75 Å². The largest absolute Gasteiger partial charge is 0.488 e. The molecule has 0 radical (unpaired) electrons. The van der Waals surface area contributed by atoms with Gasteiger partial charge in [0.05, 0.1) is 31.4 Å². The minimum atomic E-state index is -0.322. The molecule has 9 nitrogen and oxygen atoms in total. The summed E-state index contributed by atoms with van der Waals surface area (Å²) in [7, 11) is 3.98. The monoisotopic (exact) mass is 462 g/mol. The Morgan fingerprint density at radius 3 is 2.70 bits per heavy atom. The number of hydrogen-bond acceptors (Lipinski definition) is 7. The number of carbonyl (C=O) groups is 2. The first-order valence-corrected chi connectivity index (χ1v) is 11.8. The number of aliphatic hydroxyl groups excluding tert-OH is 1. The molecule has 2 amide bonds. The zero-order valence-electron chi connectivity index (χ0n) is 20.2. The summed E-state index contributed by atoms with van der Waals surface area (Å²) in [6.45, 7) is 8.71. The highest BCUT2D eigenvalue weighted by atomic mass is 16.5. The van der Waals surface area contributed by atoms with Crippen LogP contribution in [0.3, 0.4) is 0 Å². The topological polar surface area (TPSA) is 94.6 Å². The minimum Gasteiger partial charge on any atom is -0.488 e.